The van der Waals surface area contributed by atoms with E-state index >= 15 is 0 Å². The van der Waals surface area contributed by atoms with E-state index in [0.29, 0.717) is 0 Å². The van der Waals surface area contributed by atoms with Crippen LogP contribution >= 0.6 is 0 Å². The van der Waals surface area contributed by atoms with Crippen molar-refractivity contribution in [2.24, 2.45) is 0 Å². The molecule has 0 spiro atoms. The van der Waals surface area contributed by atoms with Crippen molar-refractivity contribution in [3.63, 3.8) is 0 Å². The highest BCUT2D eigenvalue weighted by Crippen LogP contribution is 1.67. The summed E-state index contributed by atoms with van der Waals surface area (Å²) in [5.74, 6) is 0. The molecule has 4 heteroatoms. The van der Waals surface area contributed by atoms with Gasteiger partial charge in [0.05, 0.1) is 0 Å². The molecule has 0 saturated heterocycles. The first-order chi connectivity index (χ1) is 3.35. The van der Waals surface area contributed by atoms with Crippen molar-refractivity contribution < 1.29 is 0 Å². The highest BCUT2D eigenvalue weighted by molar-refractivity contribution is 6.81. The second kappa shape index (κ2) is 3.20. The molecule has 7 heavy (non-hydrogen) atoms. The van der Waals surface area contributed by atoms with Crippen LogP contribution in [0, 0.1) is 30.6 Å². The first kappa shape index (κ1) is 6.00. The Bertz CT molecular complexity index is 133. The normalized spacial score (nSPS) is 4.71. The van der Waals surface area contributed by atoms with E-state index in [4.69, 9.17) is 15.8 Å². The van der Waals surface area contributed by atoms with Gasteiger partial charge in [0.2, 0.25) is 0 Å². The molecule has 0 bridgehead atoms. The molecule has 0 unspecified atom stereocenters. The van der Waals surface area contributed by atoms with E-state index in [1.54, 1.807) is 14.8 Å². The molecule has 3 nitrogen and oxygen atoms in total. The summed E-state index contributed by atoms with van der Waals surface area (Å²) in [6, 6.07) is 0. The Labute approximate surface area is 45.4 Å². The number of nitriles is 3. The van der Waals surface area contributed by atoms with Crippen molar-refractivity contribution in [3.8, 4) is 14.8 Å². The Morgan fingerprint density at radius 3 is 1.14 bits per heavy atom. The van der Waals surface area contributed by atoms with Crippen molar-refractivity contribution in [2.45, 2.75) is 0 Å². The van der Waals surface area contributed by atoms with Crippen molar-refractivity contribution in [3.05, 3.63) is 0 Å². The Morgan fingerprint density at radius 1 is 0.857 bits per heavy atom. The van der Waals surface area contributed by atoms with Crippen LogP contribution < -0.4 is 0 Å². The molecule has 0 aliphatic rings. The Hall–Kier alpha value is -0.998. The van der Waals surface area contributed by atoms with Crippen molar-refractivity contribution >= 4 is 14.1 Å². The summed E-state index contributed by atoms with van der Waals surface area (Å²) < 4.78 is 0. The average molecular weight is 105 g/mol. The molecule has 0 saturated carbocycles. The molecule has 0 aromatic carbocycles. The van der Waals surface area contributed by atoms with E-state index in [1.165, 1.54) is 0 Å². The van der Waals surface area contributed by atoms with Gasteiger partial charge in [-0.2, -0.15) is 0 Å². The van der Waals surface area contributed by atoms with Crippen LogP contribution in [-0.2, 0) is 0 Å². The third kappa shape index (κ3) is 1.80. The molecule has 0 amide bonds. The van der Waals surface area contributed by atoms with E-state index in [-0.39, 0.29) is 0 Å². The maximum Gasteiger partial charge on any atom is 0.692 e. The molecule has 0 atom stereocenters. The van der Waals surface area contributed by atoms with Gasteiger partial charge in [0.25, 0.3) is 0 Å². The average Bonchev–Trinajstić information content (AvgIpc) is 1.72. The van der Waals surface area contributed by atoms with Crippen LogP contribution in [0.1, 0.15) is 0 Å². The summed E-state index contributed by atoms with van der Waals surface area (Å²) in [6.45, 7) is 0. The summed E-state index contributed by atoms with van der Waals surface area (Å²) in [7, 11) is 0. The first-order valence-electron chi connectivity index (χ1n) is 1.54. The second-order valence-corrected chi connectivity index (χ2v) is 2.46. The lowest BCUT2D eigenvalue weighted by Crippen LogP contribution is -2.01. The minimum Gasteiger partial charge on any atom is -0.222 e. The fourth-order valence-corrected chi connectivity index (χ4v) is 0.260. The molecule has 0 rings (SSSR count). The predicted molar refractivity (Wildman–Crippen MR) is 22.6 cm³/mol. The van der Waals surface area contributed by atoms with E-state index in [1.807, 2.05) is 0 Å². The molecule has 0 aromatic heterocycles. The summed E-state index contributed by atoms with van der Waals surface area (Å²) in [5, 5.41) is 23.7. The predicted octanol–water partition coefficient (Wildman–Crippen LogP) is -0.330. The van der Waals surface area contributed by atoms with Gasteiger partial charge in [-0.1, -0.05) is 0 Å². The molecular formula is C3AlN3. The van der Waals surface area contributed by atoms with Gasteiger partial charge >= 0.3 is 14.1 Å². The molecule has 0 aromatic rings. The fraction of sp³-hybridized carbons (Fsp3) is 0. The zero-order valence-electron chi connectivity index (χ0n) is 3.42. The smallest absolute Gasteiger partial charge is 0.222 e. The van der Waals surface area contributed by atoms with Crippen LogP contribution in [0.3, 0.4) is 0 Å². The summed E-state index contributed by atoms with van der Waals surface area (Å²) in [5.41, 5.74) is 0. The van der Waals surface area contributed by atoms with E-state index < -0.39 is 14.1 Å². The van der Waals surface area contributed by atoms with Gasteiger partial charge < -0.3 is 0 Å². The van der Waals surface area contributed by atoms with Crippen LogP contribution in [0.5, 0.6) is 0 Å². The minimum atomic E-state index is -2.25. The van der Waals surface area contributed by atoms with Gasteiger partial charge in [0, 0.05) is 0 Å². The van der Waals surface area contributed by atoms with Gasteiger partial charge in [-0.3, -0.25) is 0 Å². The molecule has 30 valence electrons. The Balaban J connectivity index is 3.82. The number of hydrogen-bond donors (Lipinski definition) is 0. The fourth-order valence-electron chi connectivity index (χ4n) is 0.0866. The lowest BCUT2D eigenvalue weighted by atomic mass is 11.7. The molecular weight excluding hydrogens is 105 g/mol. The SMILES string of the molecule is N#[C][Al]([C]#N)[C]#N. The summed E-state index contributed by atoms with van der Waals surface area (Å²) in [6.07, 6.45) is 0. The molecule has 0 aliphatic heterocycles. The molecule has 0 radical (unpaired) electrons. The third-order valence-electron chi connectivity index (χ3n) is 0.387. The van der Waals surface area contributed by atoms with Gasteiger partial charge in [-0.25, -0.2) is 15.8 Å². The van der Waals surface area contributed by atoms with Crippen molar-refractivity contribution in [1.29, 1.82) is 15.8 Å². The number of nitrogens with zero attached hydrogens (tertiary/aromatic N) is 3. The zero-order valence-corrected chi connectivity index (χ0v) is 4.57. The van der Waals surface area contributed by atoms with Gasteiger partial charge in [-0.05, 0) is 14.8 Å². The topological polar surface area (TPSA) is 71.4 Å². The standard InChI is InChI=1S/3CN.Al/c3*1-2;. The highest BCUT2D eigenvalue weighted by Gasteiger charge is 2.17. The minimum absolute atomic E-state index is 1.62. The number of hydrogen-bond acceptors (Lipinski definition) is 3. The van der Waals surface area contributed by atoms with Crippen molar-refractivity contribution in [1.82, 2.24) is 0 Å². The summed E-state index contributed by atoms with van der Waals surface area (Å²) >= 11 is -2.25. The first-order valence-corrected chi connectivity index (χ1v) is 3.27. The Morgan fingerprint density at radius 2 is 1.14 bits per heavy atom. The van der Waals surface area contributed by atoms with E-state index in [2.05, 4.69) is 0 Å². The molecule has 0 fully saturated rings. The number of rotatable bonds is 0. The van der Waals surface area contributed by atoms with Crippen molar-refractivity contribution in [2.75, 3.05) is 0 Å². The molecule has 0 heterocycles. The highest BCUT2D eigenvalue weighted by atomic mass is 27.2. The maximum absolute atomic E-state index is 7.89. The lowest BCUT2D eigenvalue weighted by molar-refractivity contribution is 1.52. The quantitative estimate of drug-likeness (QED) is 0.396. The molecule has 0 aliphatic carbocycles. The van der Waals surface area contributed by atoms with Crippen LogP contribution in [0.25, 0.3) is 0 Å². The maximum atomic E-state index is 7.89. The lowest BCUT2D eigenvalue weighted by Gasteiger charge is -1.58. The summed E-state index contributed by atoms with van der Waals surface area (Å²) in [4.78, 5) is 4.85. The van der Waals surface area contributed by atoms with Crippen LogP contribution in [0.4, 0.5) is 0 Å². The Kier molecular flexibility index (Phi) is 2.75. The van der Waals surface area contributed by atoms with Crippen LogP contribution in [-0.4, -0.2) is 14.1 Å². The third-order valence-corrected chi connectivity index (χ3v) is 1.16. The van der Waals surface area contributed by atoms with E-state index in [0.717, 1.165) is 0 Å². The van der Waals surface area contributed by atoms with Gasteiger partial charge in [0.1, 0.15) is 0 Å². The monoisotopic (exact) mass is 105 g/mol. The zero-order chi connectivity index (χ0) is 5.70. The van der Waals surface area contributed by atoms with Gasteiger partial charge in [0.15, 0.2) is 0 Å². The van der Waals surface area contributed by atoms with Gasteiger partial charge in [-0.15, -0.1) is 0 Å². The van der Waals surface area contributed by atoms with Crippen LogP contribution in [0.2, 0.25) is 0 Å². The second-order valence-electron chi connectivity index (χ2n) is 0.820. The van der Waals surface area contributed by atoms with Crippen LogP contribution in [0.15, 0.2) is 0 Å². The molecule has 0 N–H and O–H groups in total. The largest absolute Gasteiger partial charge is 0.692 e. The van der Waals surface area contributed by atoms with E-state index in [9.17, 15) is 0 Å².